The van der Waals surface area contributed by atoms with Crippen molar-refractivity contribution in [2.24, 2.45) is 0 Å². The minimum absolute atomic E-state index is 0.180. The number of amides is 2. The van der Waals surface area contributed by atoms with E-state index in [1.807, 2.05) is 24.5 Å². The van der Waals surface area contributed by atoms with E-state index >= 15 is 0 Å². The molecule has 2 aromatic rings. The van der Waals surface area contributed by atoms with Gasteiger partial charge in [-0.2, -0.15) is 5.10 Å². The summed E-state index contributed by atoms with van der Waals surface area (Å²) in [6.45, 7) is 7.63. The van der Waals surface area contributed by atoms with Gasteiger partial charge < -0.3 is 10.6 Å². The smallest absolute Gasteiger partial charge is 0.319 e. The van der Waals surface area contributed by atoms with E-state index in [1.165, 1.54) is 10.4 Å². The lowest BCUT2D eigenvalue weighted by Gasteiger charge is -2.32. The predicted octanol–water partition coefficient (Wildman–Crippen LogP) is 2.53. The van der Waals surface area contributed by atoms with Gasteiger partial charge in [0.25, 0.3) is 0 Å². The second kappa shape index (κ2) is 7.14. The first-order chi connectivity index (χ1) is 11.2. The summed E-state index contributed by atoms with van der Waals surface area (Å²) < 4.78 is 1.78. The molecule has 0 bridgehead atoms. The van der Waals surface area contributed by atoms with Gasteiger partial charge in [0.2, 0.25) is 0 Å². The molecular weight excluding hydrogens is 310 g/mol. The molecule has 7 heteroatoms. The van der Waals surface area contributed by atoms with Crippen molar-refractivity contribution in [1.82, 2.24) is 20.0 Å². The number of aryl methyl sites for hydroxylation is 1. The van der Waals surface area contributed by atoms with Crippen LogP contribution in [-0.4, -0.2) is 39.8 Å². The normalized spacial score (nSPS) is 15.9. The molecule has 6 nitrogen and oxygen atoms in total. The summed E-state index contributed by atoms with van der Waals surface area (Å²) in [5.41, 5.74) is 2.16. The fraction of sp³-hybridized carbons (Fsp3) is 0.500. The number of hydrogen-bond acceptors (Lipinski definition) is 4. The average Bonchev–Trinajstić information content (AvgIpc) is 3.20. The number of carbonyl (C=O) groups excluding carboxylic acids is 1. The number of aromatic nitrogens is 2. The Morgan fingerprint density at radius 1 is 1.52 bits per heavy atom. The Balaban J connectivity index is 1.45. The Bertz CT molecular complexity index is 665. The van der Waals surface area contributed by atoms with Gasteiger partial charge in [0, 0.05) is 43.3 Å². The highest BCUT2D eigenvalue weighted by Gasteiger charge is 2.21. The molecule has 23 heavy (non-hydrogen) atoms. The van der Waals surface area contributed by atoms with Crippen LogP contribution in [0.5, 0.6) is 0 Å². The lowest BCUT2D eigenvalue weighted by Crippen LogP contribution is -2.45. The van der Waals surface area contributed by atoms with E-state index in [2.05, 4.69) is 39.0 Å². The summed E-state index contributed by atoms with van der Waals surface area (Å²) in [5, 5.41) is 12.1. The van der Waals surface area contributed by atoms with E-state index in [9.17, 15) is 4.79 Å². The molecule has 3 heterocycles. The first-order valence-electron chi connectivity index (χ1n) is 8.02. The maximum absolute atomic E-state index is 12.0. The minimum atomic E-state index is -0.180. The van der Waals surface area contributed by atoms with Crippen LogP contribution in [0.4, 0.5) is 10.5 Å². The van der Waals surface area contributed by atoms with Crippen LogP contribution in [0.1, 0.15) is 24.3 Å². The molecule has 2 N–H and O–H groups in total. The fourth-order valence-corrected chi connectivity index (χ4v) is 3.68. The summed E-state index contributed by atoms with van der Waals surface area (Å²) in [6, 6.07) is 2.35. The number of urea groups is 1. The molecule has 3 rings (SSSR count). The SMILES string of the molecule is CCn1cc(NC(=O)NC[C@H](C)N2CCc3sccc3C2)cn1. The third kappa shape index (κ3) is 3.92. The lowest BCUT2D eigenvalue weighted by molar-refractivity contribution is 0.188. The quantitative estimate of drug-likeness (QED) is 0.884. The zero-order valence-electron chi connectivity index (χ0n) is 13.6. The van der Waals surface area contributed by atoms with Crippen molar-refractivity contribution in [1.29, 1.82) is 0 Å². The van der Waals surface area contributed by atoms with Crippen molar-refractivity contribution in [3.05, 3.63) is 34.3 Å². The number of anilines is 1. The molecular formula is C16H23N5OS. The van der Waals surface area contributed by atoms with Gasteiger partial charge in [-0.15, -0.1) is 11.3 Å². The van der Waals surface area contributed by atoms with Crippen molar-refractivity contribution in [3.63, 3.8) is 0 Å². The van der Waals surface area contributed by atoms with Crippen LogP contribution >= 0.6 is 11.3 Å². The van der Waals surface area contributed by atoms with Crippen LogP contribution in [-0.2, 0) is 19.5 Å². The van der Waals surface area contributed by atoms with E-state index in [-0.39, 0.29) is 6.03 Å². The third-order valence-electron chi connectivity index (χ3n) is 4.23. The molecule has 2 aromatic heterocycles. The highest BCUT2D eigenvalue weighted by atomic mass is 32.1. The summed E-state index contributed by atoms with van der Waals surface area (Å²) in [4.78, 5) is 15.9. The van der Waals surface area contributed by atoms with Crippen molar-refractivity contribution in [2.45, 2.75) is 39.4 Å². The largest absolute Gasteiger partial charge is 0.336 e. The fourth-order valence-electron chi connectivity index (χ4n) is 2.79. The highest BCUT2D eigenvalue weighted by molar-refractivity contribution is 7.10. The lowest BCUT2D eigenvalue weighted by atomic mass is 10.1. The zero-order valence-corrected chi connectivity index (χ0v) is 14.4. The molecule has 0 saturated carbocycles. The van der Waals surface area contributed by atoms with Gasteiger partial charge in [0.05, 0.1) is 11.9 Å². The molecule has 0 radical (unpaired) electrons. The Morgan fingerprint density at radius 3 is 3.17 bits per heavy atom. The summed E-state index contributed by atoms with van der Waals surface area (Å²) in [7, 11) is 0. The highest BCUT2D eigenvalue weighted by Crippen LogP contribution is 2.24. The van der Waals surface area contributed by atoms with Crippen molar-refractivity contribution in [3.8, 4) is 0 Å². The van der Waals surface area contributed by atoms with E-state index < -0.39 is 0 Å². The monoisotopic (exact) mass is 333 g/mol. The van der Waals surface area contributed by atoms with Gasteiger partial charge in [0.15, 0.2) is 0 Å². The van der Waals surface area contributed by atoms with Gasteiger partial charge in [-0.25, -0.2) is 4.79 Å². The van der Waals surface area contributed by atoms with Gasteiger partial charge >= 0.3 is 6.03 Å². The van der Waals surface area contributed by atoms with E-state index in [0.29, 0.717) is 12.6 Å². The molecule has 0 aromatic carbocycles. The summed E-state index contributed by atoms with van der Waals surface area (Å²) in [6.07, 6.45) is 4.60. The molecule has 1 atom stereocenters. The maximum atomic E-state index is 12.0. The van der Waals surface area contributed by atoms with E-state index in [0.717, 1.165) is 31.7 Å². The van der Waals surface area contributed by atoms with Crippen molar-refractivity contribution in [2.75, 3.05) is 18.4 Å². The zero-order chi connectivity index (χ0) is 16.2. The molecule has 0 saturated heterocycles. The Kier molecular flexibility index (Phi) is 4.97. The molecule has 2 amide bonds. The standard InChI is InChI=1S/C16H23N5OS/c1-3-21-11-14(9-18-21)19-16(22)17-8-12(2)20-6-4-15-13(10-20)5-7-23-15/h5,7,9,11-12H,3-4,6,8,10H2,1-2H3,(H2,17,19,22)/t12-/m0/s1. The summed E-state index contributed by atoms with van der Waals surface area (Å²) >= 11 is 1.85. The Labute approximate surface area is 140 Å². The van der Waals surface area contributed by atoms with Crippen molar-refractivity contribution < 1.29 is 4.79 Å². The van der Waals surface area contributed by atoms with Crippen LogP contribution < -0.4 is 10.6 Å². The third-order valence-corrected chi connectivity index (χ3v) is 5.26. The van der Waals surface area contributed by atoms with Gasteiger partial charge in [0.1, 0.15) is 0 Å². The van der Waals surface area contributed by atoms with Crippen LogP contribution in [0.25, 0.3) is 0 Å². The minimum Gasteiger partial charge on any atom is -0.336 e. The molecule has 124 valence electrons. The van der Waals surface area contributed by atoms with Crippen LogP contribution in [0, 0.1) is 0 Å². The van der Waals surface area contributed by atoms with E-state index in [1.54, 1.807) is 10.9 Å². The first-order valence-corrected chi connectivity index (χ1v) is 8.90. The Hall–Kier alpha value is -1.86. The second-order valence-electron chi connectivity index (χ2n) is 5.86. The molecule has 0 aliphatic carbocycles. The molecule has 0 unspecified atom stereocenters. The van der Waals surface area contributed by atoms with E-state index in [4.69, 9.17) is 0 Å². The second-order valence-corrected chi connectivity index (χ2v) is 6.86. The number of carbonyl (C=O) groups is 1. The van der Waals surface area contributed by atoms with Crippen LogP contribution in [0.15, 0.2) is 23.8 Å². The van der Waals surface area contributed by atoms with Gasteiger partial charge in [-0.05, 0) is 37.3 Å². The number of fused-ring (bicyclic) bond motifs is 1. The molecule has 0 fully saturated rings. The van der Waals surface area contributed by atoms with Gasteiger partial charge in [-0.1, -0.05) is 0 Å². The maximum Gasteiger partial charge on any atom is 0.319 e. The van der Waals surface area contributed by atoms with Crippen molar-refractivity contribution >= 4 is 23.1 Å². The van der Waals surface area contributed by atoms with Gasteiger partial charge in [-0.3, -0.25) is 9.58 Å². The van der Waals surface area contributed by atoms with Crippen LogP contribution in [0.3, 0.4) is 0 Å². The number of hydrogen-bond donors (Lipinski definition) is 2. The number of thiophene rings is 1. The number of nitrogens with one attached hydrogen (secondary N) is 2. The molecule has 1 aliphatic heterocycles. The topological polar surface area (TPSA) is 62.2 Å². The number of nitrogens with zero attached hydrogens (tertiary/aromatic N) is 3. The molecule has 1 aliphatic rings. The summed E-state index contributed by atoms with van der Waals surface area (Å²) in [5.74, 6) is 0. The Morgan fingerprint density at radius 2 is 2.39 bits per heavy atom. The molecule has 0 spiro atoms. The number of rotatable bonds is 5. The van der Waals surface area contributed by atoms with Crippen LogP contribution in [0.2, 0.25) is 0 Å². The predicted molar refractivity (Wildman–Crippen MR) is 92.8 cm³/mol. The first kappa shape index (κ1) is 16.0. The average molecular weight is 333 g/mol.